The van der Waals surface area contributed by atoms with Crippen LogP contribution in [0.3, 0.4) is 0 Å². The second-order valence-corrected chi connectivity index (χ2v) is 7.25. The van der Waals surface area contributed by atoms with E-state index >= 15 is 0 Å². The van der Waals surface area contributed by atoms with Gasteiger partial charge in [-0.3, -0.25) is 4.79 Å². The Labute approximate surface area is 139 Å². The first-order valence-electron chi connectivity index (χ1n) is 7.45. The number of carbonyl (C=O) groups excluding carboxylic acids is 1. The number of anilines is 2. The summed E-state index contributed by atoms with van der Waals surface area (Å²) >= 11 is 1.42. The van der Waals surface area contributed by atoms with Crippen molar-refractivity contribution in [1.82, 2.24) is 10.3 Å². The largest absolute Gasteiger partial charge is 0.346 e. The van der Waals surface area contributed by atoms with E-state index < -0.39 is 0 Å². The Morgan fingerprint density at radius 3 is 2.61 bits per heavy atom. The van der Waals surface area contributed by atoms with Crippen LogP contribution in [-0.2, 0) is 0 Å². The van der Waals surface area contributed by atoms with Crippen LogP contribution in [0.1, 0.15) is 31.3 Å². The highest BCUT2D eigenvalue weighted by Crippen LogP contribution is 2.27. The molecule has 1 aromatic heterocycles. The number of rotatable bonds is 3. The monoisotopic (exact) mass is 325 g/mol. The van der Waals surface area contributed by atoms with E-state index in [1.54, 1.807) is 5.38 Å². The molecule has 0 spiro atoms. The van der Waals surface area contributed by atoms with Gasteiger partial charge in [0.15, 0.2) is 5.13 Å². The van der Waals surface area contributed by atoms with Gasteiger partial charge >= 0.3 is 0 Å². The fourth-order valence-electron chi connectivity index (χ4n) is 2.29. The number of thiazole rings is 1. The lowest BCUT2D eigenvalue weighted by molar-refractivity contribution is 0.0915. The molecule has 0 saturated carbocycles. The number of carbonyl (C=O) groups is 1. The second-order valence-electron chi connectivity index (χ2n) is 6.39. The minimum absolute atomic E-state index is 0.153. The number of fused-ring (bicyclic) bond motifs is 1. The van der Waals surface area contributed by atoms with Crippen LogP contribution in [0.15, 0.2) is 47.8 Å². The summed E-state index contributed by atoms with van der Waals surface area (Å²) < 4.78 is 0. The Balaban J connectivity index is 1.82. The highest BCUT2D eigenvalue weighted by Gasteiger charge is 2.17. The molecule has 0 bridgehead atoms. The van der Waals surface area contributed by atoms with Crippen LogP contribution in [0.5, 0.6) is 0 Å². The summed E-state index contributed by atoms with van der Waals surface area (Å²) in [5, 5.41) is 11.0. The van der Waals surface area contributed by atoms with Crippen LogP contribution < -0.4 is 10.6 Å². The number of aromatic nitrogens is 1. The van der Waals surface area contributed by atoms with Crippen LogP contribution in [0.25, 0.3) is 10.8 Å². The summed E-state index contributed by atoms with van der Waals surface area (Å²) in [4.78, 5) is 16.5. The predicted molar refractivity (Wildman–Crippen MR) is 96.6 cm³/mol. The lowest BCUT2D eigenvalue weighted by atomic mass is 10.1. The van der Waals surface area contributed by atoms with E-state index in [1.807, 2.05) is 45.0 Å². The van der Waals surface area contributed by atoms with Gasteiger partial charge in [0, 0.05) is 22.0 Å². The minimum Gasteiger partial charge on any atom is -0.346 e. The molecule has 23 heavy (non-hydrogen) atoms. The van der Waals surface area contributed by atoms with E-state index in [9.17, 15) is 4.79 Å². The molecule has 0 atom stereocenters. The molecule has 0 aliphatic rings. The zero-order valence-electron chi connectivity index (χ0n) is 13.4. The van der Waals surface area contributed by atoms with Crippen molar-refractivity contribution in [3.05, 3.63) is 53.5 Å². The Morgan fingerprint density at radius 2 is 1.83 bits per heavy atom. The van der Waals surface area contributed by atoms with Crippen LogP contribution in [0.2, 0.25) is 0 Å². The third kappa shape index (κ3) is 3.68. The molecular weight excluding hydrogens is 306 g/mol. The van der Waals surface area contributed by atoms with Crippen molar-refractivity contribution >= 4 is 38.8 Å². The van der Waals surface area contributed by atoms with Crippen molar-refractivity contribution in [2.75, 3.05) is 5.32 Å². The van der Waals surface area contributed by atoms with E-state index in [0.29, 0.717) is 10.8 Å². The molecule has 0 unspecified atom stereocenters. The molecule has 5 heteroatoms. The molecule has 0 saturated heterocycles. The normalized spacial score (nSPS) is 11.4. The lowest BCUT2D eigenvalue weighted by Crippen LogP contribution is -2.40. The fourth-order valence-corrected chi connectivity index (χ4v) is 2.99. The minimum atomic E-state index is -0.274. The molecule has 1 amide bonds. The highest BCUT2D eigenvalue weighted by atomic mass is 32.1. The van der Waals surface area contributed by atoms with Crippen molar-refractivity contribution in [2.24, 2.45) is 0 Å². The van der Waals surface area contributed by atoms with Crippen molar-refractivity contribution in [1.29, 1.82) is 0 Å². The summed E-state index contributed by atoms with van der Waals surface area (Å²) in [5.74, 6) is -0.153. The molecule has 2 aromatic carbocycles. The SMILES string of the molecule is CC(C)(C)NC(=O)c1csc(Nc2cccc3ccccc23)n1. The maximum atomic E-state index is 12.1. The Morgan fingerprint density at radius 1 is 1.09 bits per heavy atom. The number of hydrogen-bond acceptors (Lipinski definition) is 4. The van der Waals surface area contributed by atoms with E-state index in [1.165, 1.54) is 16.7 Å². The number of benzene rings is 2. The molecule has 0 fully saturated rings. The van der Waals surface area contributed by atoms with Crippen molar-refractivity contribution in [3.8, 4) is 0 Å². The Bertz CT molecular complexity index is 843. The molecule has 118 valence electrons. The first-order chi connectivity index (χ1) is 10.9. The van der Waals surface area contributed by atoms with Crippen molar-refractivity contribution in [2.45, 2.75) is 26.3 Å². The second kappa shape index (κ2) is 6.01. The molecule has 0 aliphatic heterocycles. The average molecular weight is 325 g/mol. The summed E-state index contributed by atoms with van der Waals surface area (Å²) in [6, 6.07) is 14.3. The van der Waals surface area contributed by atoms with Crippen LogP contribution in [-0.4, -0.2) is 16.4 Å². The average Bonchev–Trinajstić information content (AvgIpc) is 2.95. The van der Waals surface area contributed by atoms with Gasteiger partial charge in [0.25, 0.3) is 5.91 Å². The maximum Gasteiger partial charge on any atom is 0.271 e. The molecule has 4 nitrogen and oxygen atoms in total. The topological polar surface area (TPSA) is 54.0 Å². The van der Waals surface area contributed by atoms with Crippen molar-refractivity contribution < 1.29 is 4.79 Å². The van der Waals surface area contributed by atoms with E-state index in [0.717, 1.165) is 11.1 Å². The summed E-state index contributed by atoms with van der Waals surface area (Å²) in [6.45, 7) is 5.85. The quantitative estimate of drug-likeness (QED) is 0.742. The molecule has 0 radical (unpaired) electrons. The van der Waals surface area contributed by atoms with Crippen LogP contribution in [0.4, 0.5) is 10.8 Å². The molecule has 2 N–H and O–H groups in total. The molecule has 1 heterocycles. The molecule has 0 aliphatic carbocycles. The summed E-state index contributed by atoms with van der Waals surface area (Å²) in [6.07, 6.45) is 0. The molecule has 3 rings (SSSR count). The van der Waals surface area contributed by atoms with Gasteiger partial charge in [0.1, 0.15) is 5.69 Å². The van der Waals surface area contributed by atoms with E-state index in [4.69, 9.17) is 0 Å². The standard InChI is InChI=1S/C18H19N3OS/c1-18(2,3)21-16(22)15-11-23-17(20-15)19-14-10-6-8-12-7-4-5-9-13(12)14/h4-11H,1-3H3,(H,19,20)(H,21,22). The van der Waals surface area contributed by atoms with Gasteiger partial charge in [-0.25, -0.2) is 4.98 Å². The molecule has 3 aromatic rings. The zero-order valence-corrected chi connectivity index (χ0v) is 14.2. The van der Waals surface area contributed by atoms with E-state index in [-0.39, 0.29) is 11.4 Å². The predicted octanol–water partition coefficient (Wildman–Crippen LogP) is 4.57. The Hall–Kier alpha value is -2.40. The van der Waals surface area contributed by atoms with Gasteiger partial charge in [-0.15, -0.1) is 11.3 Å². The third-order valence-electron chi connectivity index (χ3n) is 3.26. The highest BCUT2D eigenvalue weighted by molar-refractivity contribution is 7.14. The first kappa shape index (κ1) is 15.5. The summed E-state index contributed by atoms with van der Waals surface area (Å²) in [7, 11) is 0. The maximum absolute atomic E-state index is 12.1. The van der Waals surface area contributed by atoms with Gasteiger partial charge in [-0.05, 0) is 32.2 Å². The zero-order chi connectivity index (χ0) is 16.4. The van der Waals surface area contributed by atoms with Crippen LogP contribution >= 0.6 is 11.3 Å². The fraction of sp³-hybridized carbons (Fsp3) is 0.222. The molecular formula is C18H19N3OS. The van der Waals surface area contributed by atoms with Crippen molar-refractivity contribution in [3.63, 3.8) is 0 Å². The lowest BCUT2D eigenvalue weighted by Gasteiger charge is -2.19. The van der Waals surface area contributed by atoms with E-state index in [2.05, 4.69) is 33.8 Å². The van der Waals surface area contributed by atoms with Gasteiger partial charge < -0.3 is 10.6 Å². The van der Waals surface area contributed by atoms with Gasteiger partial charge in [-0.1, -0.05) is 36.4 Å². The van der Waals surface area contributed by atoms with Crippen LogP contribution in [0, 0.1) is 0 Å². The number of nitrogens with zero attached hydrogens (tertiary/aromatic N) is 1. The van der Waals surface area contributed by atoms with Gasteiger partial charge in [-0.2, -0.15) is 0 Å². The van der Waals surface area contributed by atoms with Gasteiger partial charge in [0.2, 0.25) is 0 Å². The van der Waals surface area contributed by atoms with Gasteiger partial charge in [0.05, 0.1) is 0 Å². The third-order valence-corrected chi connectivity index (χ3v) is 4.01. The number of hydrogen-bond donors (Lipinski definition) is 2. The number of amides is 1. The smallest absolute Gasteiger partial charge is 0.271 e. The Kier molecular flexibility index (Phi) is 4.05. The number of nitrogens with one attached hydrogen (secondary N) is 2. The first-order valence-corrected chi connectivity index (χ1v) is 8.33. The summed E-state index contributed by atoms with van der Waals surface area (Å²) in [5.41, 5.74) is 1.15.